The molecule has 0 aromatic carbocycles. The Morgan fingerprint density at radius 2 is 2.00 bits per heavy atom. The lowest BCUT2D eigenvalue weighted by Gasteiger charge is -2.40. The van der Waals surface area contributed by atoms with Crippen molar-refractivity contribution in [3.63, 3.8) is 0 Å². The fourth-order valence-corrected chi connectivity index (χ4v) is 1.59. The molecule has 0 aromatic rings. The third-order valence-corrected chi connectivity index (χ3v) is 3.08. The summed E-state index contributed by atoms with van der Waals surface area (Å²) >= 11 is 0. The van der Waals surface area contributed by atoms with E-state index in [1.807, 2.05) is 13.8 Å². The van der Waals surface area contributed by atoms with E-state index in [4.69, 9.17) is 14.2 Å². The van der Waals surface area contributed by atoms with Crippen molar-refractivity contribution in [2.45, 2.75) is 50.6 Å². The fourth-order valence-electron chi connectivity index (χ4n) is 1.59. The van der Waals surface area contributed by atoms with Crippen LogP contribution in [0.5, 0.6) is 0 Å². The van der Waals surface area contributed by atoms with Gasteiger partial charge in [0, 0.05) is 27.2 Å². The lowest BCUT2D eigenvalue weighted by molar-refractivity contribution is -0.185. The van der Waals surface area contributed by atoms with Crippen LogP contribution in [0.3, 0.4) is 0 Å². The number of aliphatic hydroxyl groups excluding tert-OH is 1. The van der Waals surface area contributed by atoms with Gasteiger partial charge in [0.15, 0.2) is 0 Å². The molecular formula is C11H22O4. The van der Waals surface area contributed by atoms with Gasteiger partial charge in [0.25, 0.3) is 0 Å². The van der Waals surface area contributed by atoms with E-state index < -0.39 is 0 Å². The monoisotopic (exact) mass is 218 g/mol. The molecule has 4 nitrogen and oxygen atoms in total. The largest absolute Gasteiger partial charge is 0.390 e. The molecule has 0 radical (unpaired) electrons. The predicted octanol–water partition coefficient (Wildman–Crippen LogP) is 0.966. The van der Waals surface area contributed by atoms with Crippen LogP contribution in [0.4, 0.5) is 0 Å². The molecule has 0 bridgehead atoms. The van der Waals surface area contributed by atoms with Gasteiger partial charge in [-0.2, -0.15) is 0 Å². The summed E-state index contributed by atoms with van der Waals surface area (Å²) < 4.78 is 16.0. The molecule has 0 spiro atoms. The highest BCUT2D eigenvalue weighted by Gasteiger charge is 2.41. The SMILES string of the molecule is COC1C(O)CC1OCCC(C)(C)OC. The predicted molar refractivity (Wildman–Crippen MR) is 56.9 cm³/mol. The summed E-state index contributed by atoms with van der Waals surface area (Å²) in [6, 6.07) is 0. The molecule has 3 atom stereocenters. The summed E-state index contributed by atoms with van der Waals surface area (Å²) in [6.07, 6.45) is 1.03. The Kier molecular flexibility index (Phi) is 4.52. The van der Waals surface area contributed by atoms with Crippen LogP contribution >= 0.6 is 0 Å². The van der Waals surface area contributed by atoms with Crippen molar-refractivity contribution < 1.29 is 19.3 Å². The van der Waals surface area contributed by atoms with Crippen LogP contribution in [0.25, 0.3) is 0 Å². The van der Waals surface area contributed by atoms with Crippen LogP contribution in [0.15, 0.2) is 0 Å². The van der Waals surface area contributed by atoms with Gasteiger partial charge in [-0.05, 0) is 20.3 Å². The second-order valence-corrected chi connectivity index (χ2v) is 4.63. The molecule has 1 aliphatic rings. The van der Waals surface area contributed by atoms with Crippen molar-refractivity contribution in [3.8, 4) is 0 Å². The first kappa shape index (κ1) is 12.9. The first-order valence-electron chi connectivity index (χ1n) is 5.38. The maximum absolute atomic E-state index is 9.35. The van der Waals surface area contributed by atoms with E-state index in [1.54, 1.807) is 14.2 Å². The van der Waals surface area contributed by atoms with Crippen LogP contribution in [0, 0.1) is 0 Å². The van der Waals surface area contributed by atoms with E-state index in [1.165, 1.54) is 0 Å². The van der Waals surface area contributed by atoms with Gasteiger partial charge in [-0.3, -0.25) is 0 Å². The average Bonchev–Trinajstić information content (AvgIpc) is 2.17. The van der Waals surface area contributed by atoms with Gasteiger partial charge in [0.1, 0.15) is 6.10 Å². The van der Waals surface area contributed by atoms with Crippen LogP contribution < -0.4 is 0 Å². The van der Waals surface area contributed by atoms with E-state index in [9.17, 15) is 5.11 Å². The molecule has 0 aliphatic heterocycles. The number of rotatable bonds is 6. The van der Waals surface area contributed by atoms with Crippen LogP contribution in [0.1, 0.15) is 26.7 Å². The summed E-state index contributed by atoms with van der Waals surface area (Å²) in [5.74, 6) is 0. The highest BCUT2D eigenvalue weighted by Crippen LogP contribution is 2.27. The Labute approximate surface area is 91.5 Å². The molecule has 3 unspecified atom stereocenters. The van der Waals surface area contributed by atoms with E-state index >= 15 is 0 Å². The summed E-state index contributed by atoms with van der Waals surface area (Å²) in [5.41, 5.74) is -0.148. The highest BCUT2D eigenvalue weighted by molar-refractivity contribution is 4.91. The molecule has 0 aromatic heterocycles. The van der Waals surface area contributed by atoms with E-state index in [0.29, 0.717) is 13.0 Å². The van der Waals surface area contributed by atoms with Crippen molar-refractivity contribution in [1.29, 1.82) is 0 Å². The Bertz CT molecular complexity index is 193. The summed E-state index contributed by atoms with van der Waals surface area (Å²) in [4.78, 5) is 0. The number of aliphatic hydroxyl groups is 1. The Morgan fingerprint density at radius 1 is 1.33 bits per heavy atom. The van der Waals surface area contributed by atoms with E-state index in [0.717, 1.165) is 6.42 Å². The first-order valence-corrected chi connectivity index (χ1v) is 5.38. The van der Waals surface area contributed by atoms with Gasteiger partial charge in [0.05, 0.1) is 17.8 Å². The van der Waals surface area contributed by atoms with Gasteiger partial charge in [0.2, 0.25) is 0 Å². The number of methoxy groups -OCH3 is 2. The molecule has 0 amide bonds. The van der Waals surface area contributed by atoms with Crippen molar-refractivity contribution in [1.82, 2.24) is 0 Å². The molecule has 1 aliphatic carbocycles. The van der Waals surface area contributed by atoms with E-state index in [-0.39, 0.29) is 23.9 Å². The number of ether oxygens (including phenoxy) is 3. The molecule has 1 N–H and O–H groups in total. The molecule has 0 heterocycles. The minimum absolute atomic E-state index is 0.0395. The standard InChI is InChI=1S/C11H22O4/c1-11(2,14-4)5-6-15-9-7-8(12)10(9)13-3/h8-10,12H,5-7H2,1-4H3. The summed E-state index contributed by atoms with van der Waals surface area (Å²) in [6.45, 7) is 4.69. The molecule has 15 heavy (non-hydrogen) atoms. The Balaban J connectivity index is 2.16. The Morgan fingerprint density at radius 3 is 2.47 bits per heavy atom. The van der Waals surface area contributed by atoms with Crippen molar-refractivity contribution in [2.24, 2.45) is 0 Å². The molecule has 1 rings (SSSR count). The molecule has 1 saturated carbocycles. The average molecular weight is 218 g/mol. The zero-order valence-corrected chi connectivity index (χ0v) is 10.0. The maximum atomic E-state index is 9.35. The second kappa shape index (κ2) is 5.25. The fraction of sp³-hybridized carbons (Fsp3) is 1.00. The summed E-state index contributed by atoms with van der Waals surface area (Å²) in [7, 11) is 3.30. The zero-order chi connectivity index (χ0) is 11.5. The topological polar surface area (TPSA) is 47.9 Å². The number of hydrogen-bond donors (Lipinski definition) is 1. The van der Waals surface area contributed by atoms with E-state index in [2.05, 4.69) is 0 Å². The highest BCUT2D eigenvalue weighted by atomic mass is 16.6. The summed E-state index contributed by atoms with van der Waals surface area (Å²) in [5, 5.41) is 9.35. The van der Waals surface area contributed by atoms with Crippen molar-refractivity contribution in [3.05, 3.63) is 0 Å². The first-order chi connectivity index (χ1) is 7.00. The minimum Gasteiger partial charge on any atom is -0.390 e. The number of hydrogen-bond acceptors (Lipinski definition) is 4. The smallest absolute Gasteiger partial charge is 0.109 e. The molecule has 4 heteroatoms. The molecular weight excluding hydrogens is 196 g/mol. The quantitative estimate of drug-likeness (QED) is 0.721. The van der Waals surface area contributed by atoms with Crippen LogP contribution in [-0.2, 0) is 14.2 Å². The van der Waals surface area contributed by atoms with Crippen LogP contribution in [-0.4, -0.2) is 49.8 Å². The van der Waals surface area contributed by atoms with Gasteiger partial charge in [-0.1, -0.05) is 0 Å². The van der Waals surface area contributed by atoms with Gasteiger partial charge < -0.3 is 19.3 Å². The van der Waals surface area contributed by atoms with Crippen molar-refractivity contribution >= 4 is 0 Å². The third-order valence-electron chi connectivity index (χ3n) is 3.08. The Hall–Kier alpha value is -0.160. The normalized spacial score (nSPS) is 31.4. The zero-order valence-electron chi connectivity index (χ0n) is 10.0. The third kappa shape index (κ3) is 3.41. The molecule has 1 fully saturated rings. The van der Waals surface area contributed by atoms with Gasteiger partial charge in [-0.15, -0.1) is 0 Å². The molecule has 0 saturated heterocycles. The van der Waals surface area contributed by atoms with Gasteiger partial charge >= 0.3 is 0 Å². The van der Waals surface area contributed by atoms with Crippen molar-refractivity contribution in [2.75, 3.05) is 20.8 Å². The lowest BCUT2D eigenvalue weighted by Crippen LogP contribution is -2.53. The molecule has 90 valence electrons. The maximum Gasteiger partial charge on any atom is 0.109 e. The minimum atomic E-state index is -0.365. The lowest BCUT2D eigenvalue weighted by atomic mass is 9.88. The second-order valence-electron chi connectivity index (χ2n) is 4.63. The van der Waals surface area contributed by atoms with Gasteiger partial charge in [-0.25, -0.2) is 0 Å². The van der Waals surface area contributed by atoms with Crippen LogP contribution in [0.2, 0.25) is 0 Å².